The van der Waals surface area contributed by atoms with Gasteiger partial charge in [0.25, 0.3) is 0 Å². The van der Waals surface area contributed by atoms with E-state index in [1.807, 2.05) is 26.0 Å². The van der Waals surface area contributed by atoms with Gasteiger partial charge in [-0.25, -0.2) is 17.9 Å². The molecule has 2 aromatic carbocycles. The molecule has 0 aliphatic heterocycles. The fourth-order valence-electron chi connectivity index (χ4n) is 3.45. The SMILES string of the molecule is CCC(C)NS(=O)(=O)c1cc(NC(=O)C(C)C)ccc1Oc1c(C)c(C(=O)O)nn1-c1ccccc1C. The predicted molar refractivity (Wildman–Crippen MR) is 140 cm³/mol. The second-order valence-electron chi connectivity index (χ2n) is 9.12. The molecule has 11 heteroatoms. The van der Waals surface area contributed by atoms with Crippen molar-refractivity contribution in [2.75, 3.05) is 5.32 Å². The van der Waals surface area contributed by atoms with Crippen molar-refractivity contribution in [2.45, 2.75) is 58.9 Å². The first-order valence-electron chi connectivity index (χ1n) is 11.9. The number of carbonyl (C=O) groups is 2. The van der Waals surface area contributed by atoms with Gasteiger partial charge < -0.3 is 15.2 Å². The fraction of sp³-hybridized carbons (Fsp3) is 0.346. The number of nitrogens with zero attached hydrogens (tertiary/aromatic N) is 2. The number of carboxylic acids is 1. The first-order chi connectivity index (χ1) is 17.4. The van der Waals surface area contributed by atoms with Gasteiger partial charge in [0.15, 0.2) is 5.69 Å². The van der Waals surface area contributed by atoms with Crippen LogP contribution in [0.4, 0.5) is 5.69 Å². The lowest BCUT2D eigenvalue weighted by Crippen LogP contribution is -2.32. The lowest BCUT2D eigenvalue weighted by molar-refractivity contribution is -0.118. The van der Waals surface area contributed by atoms with E-state index in [1.165, 1.54) is 22.9 Å². The molecule has 1 heterocycles. The Kier molecular flexibility index (Phi) is 8.39. The van der Waals surface area contributed by atoms with Gasteiger partial charge in [0.1, 0.15) is 10.6 Å². The van der Waals surface area contributed by atoms with Gasteiger partial charge in [-0.15, -0.1) is 0 Å². The summed E-state index contributed by atoms with van der Waals surface area (Å²) in [7, 11) is -4.08. The molecule has 0 radical (unpaired) electrons. The number of sulfonamides is 1. The van der Waals surface area contributed by atoms with Crippen LogP contribution in [0.5, 0.6) is 11.6 Å². The maximum atomic E-state index is 13.4. The number of rotatable bonds is 10. The minimum atomic E-state index is -4.08. The quantitative estimate of drug-likeness (QED) is 0.348. The first-order valence-corrected chi connectivity index (χ1v) is 13.4. The van der Waals surface area contributed by atoms with E-state index in [0.29, 0.717) is 12.1 Å². The zero-order valence-corrected chi connectivity index (χ0v) is 22.5. The zero-order valence-electron chi connectivity index (χ0n) is 21.7. The van der Waals surface area contributed by atoms with E-state index in [9.17, 15) is 23.1 Å². The molecule has 0 saturated heterocycles. The normalized spacial score (nSPS) is 12.4. The number of hydrogen-bond acceptors (Lipinski definition) is 6. The van der Waals surface area contributed by atoms with Crippen molar-refractivity contribution in [3.05, 3.63) is 59.3 Å². The molecule has 3 aromatic rings. The molecule has 0 bridgehead atoms. The molecule has 0 aliphatic carbocycles. The van der Waals surface area contributed by atoms with Crippen LogP contribution in [0, 0.1) is 19.8 Å². The summed E-state index contributed by atoms with van der Waals surface area (Å²) in [6.45, 7) is 10.4. The number of aromatic carboxylic acids is 1. The van der Waals surface area contributed by atoms with E-state index in [0.717, 1.165) is 5.56 Å². The van der Waals surface area contributed by atoms with E-state index in [2.05, 4.69) is 15.1 Å². The Morgan fingerprint density at radius 3 is 2.38 bits per heavy atom. The summed E-state index contributed by atoms with van der Waals surface area (Å²) in [5, 5.41) is 16.6. The van der Waals surface area contributed by atoms with Gasteiger partial charge in [0.05, 0.1) is 5.69 Å². The van der Waals surface area contributed by atoms with Gasteiger partial charge in [-0.3, -0.25) is 4.79 Å². The molecular formula is C26H32N4O6S. The minimum Gasteiger partial charge on any atom is -0.476 e. The molecule has 3 rings (SSSR count). The van der Waals surface area contributed by atoms with Crippen molar-refractivity contribution in [1.82, 2.24) is 14.5 Å². The third kappa shape index (κ3) is 6.17. The lowest BCUT2D eigenvalue weighted by Gasteiger charge is -2.18. The summed E-state index contributed by atoms with van der Waals surface area (Å²) >= 11 is 0. The number of aryl methyl sites for hydroxylation is 1. The third-order valence-corrected chi connectivity index (χ3v) is 7.43. The van der Waals surface area contributed by atoms with Crippen molar-refractivity contribution in [3.8, 4) is 17.3 Å². The van der Waals surface area contributed by atoms with Crippen LogP contribution in [0.3, 0.4) is 0 Å². The number of ether oxygens (including phenoxy) is 1. The molecule has 1 amide bonds. The summed E-state index contributed by atoms with van der Waals surface area (Å²) < 4.78 is 36.8. The summed E-state index contributed by atoms with van der Waals surface area (Å²) in [4.78, 5) is 23.9. The molecule has 37 heavy (non-hydrogen) atoms. The van der Waals surface area contributed by atoms with E-state index in [1.54, 1.807) is 39.8 Å². The molecule has 0 fully saturated rings. The van der Waals surface area contributed by atoms with Crippen molar-refractivity contribution in [2.24, 2.45) is 5.92 Å². The Bertz CT molecular complexity index is 1430. The average Bonchev–Trinajstić information content (AvgIpc) is 3.15. The van der Waals surface area contributed by atoms with Crippen molar-refractivity contribution < 1.29 is 27.9 Å². The van der Waals surface area contributed by atoms with Crippen LogP contribution >= 0.6 is 0 Å². The second-order valence-corrected chi connectivity index (χ2v) is 10.8. The van der Waals surface area contributed by atoms with Crippen molar-refractivity contribution in [3.63, 3.8) is 0 Å². The van der Waals surface area contributed by atoms with Crippen LogP contribution in [-0.4, -0.2) is 41.2 Å². The molecule has 198 valence electrons. The van der Waals surface area contributed by atoms with Crippen molar-refractivity contribution in [1.29, 1.82) is 0 Å². The standard InChI is InChI=1S/C26H32N4O6S/c1-7-17(5)29-37(34,35)22-14-19(27-24(31)15(2)3)12-13-21(22)36-25-18(6)23(26(32)33)28-30(25)20-11-9-8-10-16(20)4/h8-15,17,29H,7H2,1-6H3,(H,27,31)(H,32,33). The fourth-order valence-corrected chi connectivity index (χ4v) is 4.93. The molecule has 0 saturated carbocycles. The Hall–Kier alpha value is -3.70. The number of anilines is 1. The number of amides is 1. The van der Waals surface area contributed by atoms with E-state index >= 15 is 0 Å². The maximum absolute atomic E-state index is 13.4. The van der Waals surface area contributed by atoms with Gasteiger partial charge in [0.2, 0.25) is 21.8 Å². The molecule has 10 nitrogen and oxygen atoms in total. The van der Waals surface area contributed by atoms with Gasteiger partial charge in [-0.1, -0.05) is 39.0 Å². The predicted octanol–water partition coefficient (Wildman–Crippen LogP) is 4.65. The van der Waals surface area contributed by atoms with Crippen LogP contribution < -0.4 is 14.8 Å². The highest BCUT2D eigenvalue weighted by Gasteiger charge is 2.27. The van der Waals surface area contributed by atoms with E-state index in [4.69, 9.17) is 4.74 Å². The summed E-state index contributed by atoms with van der Waals surface area (Å²) in [5.41, 5.74) is 1.68. The Balaban J connectivity index is 2.19. The number of nitrogens with one attached hydrogen (secondary N) is 2. The smallest absolute Gasteiger partial charge is 0.356 e. The first kappa shape index (κ1) is 27.9. The highest BCUT2D eigenvalue weighted by atomic mass is 32.2. The molecular weight excluding hydrogens is 496 g/mol. The number of para-hydroxylation sites is 1. The highest BCUT2D eigenvalue weighted by Crippen LogP contribution is 2.36. The molecule has 3 N–H and O–H groups in total. The number of aromatic nitrogens is 2. The van der Waals surface area contributed by atoms with E-state index < -0.39 is 16.0 Å². The number of carboxylic acid groups (broad SMARTS) is 1. The number of hydrogen-bond donors (Lipinski definition) is 3. The molecule has 0 aliphatic rings. The Morgan fingerprint density at radius 2 is 1.78 bits per heavy atom. The van der Waals surface area contributed by atoms with E-state index in [-0.39, 0.29) is 51.3 Å². The molecule has 1 atom stereocenters. The van der Waals surface area contributed by atoms with Crippen molar-refractivity contribution >= 4 is 27.6 Å². The van der Waals surface area contributed by atoms with Gasteiger partial charge >= 0.3 is 5.97 Å². The highest BCUT2D eigenvalue weighted by molar-refractivity contribution is 7.89. The van der Waals surface area contributed by atoms with Gasteiger partial charge in [0, 0.05) is 23.2 Å². The zero-order chi connectivity index (χ0) is 27.5. The summed E-state index contributed by atoms with van der Waals surface area (Å²) in [5.74, 6) is -1.81. The van der Waals surface area contributed by atoms with Gasteiger partial charge in [-0.2, -0.15) is 9.78 Å². The molecule has 0 spiro atoms. The minimum absolute atomic E-state index is 0.0480. The Labute approximate surface area is 216 Å². The van der Waals surface area contributed by atoms with Gasteiger partial charge in [-0.05, 0) is 57.0 Å². The van der Waals surface area contributed by atoms with Crippen LogP contribution in [-0.2, 0) is 14.8 Å². The summed E-state index contributed by atoms with van der Waals surface area (Å²) in [6.07, 6.45) is 0.556. The molecule has 1 unspecified atom stereocenters. The third-order valence-electron chi connectivity index (χ3n) is 5.82. The monoisotopic (exact) mass is 528 g/mol. The number of carbonyl (C=O) groups excluding carboxylic acids is 1. The average molecular weight is 529 g/mol. The summed E-state index contributed by atoms with van der Waals surface area (Å²) in [6, 6.07) is 11.1. The van der Waals surface area contributed by atoms with Crippen LogP contribution in [0.2, 0.25) is 0 Å². The largest absolute Gasteiger partial charge is 0.476 e. The van der Waals surface area contributed by atoms with Crippen LogP contribution in [0.1, 0.15) is 55.7 Å². The second kappa shape index (κ2) is 11.1. The maximum Gasteiger partial charge on any atom is 0.356 e. The van der Waals surface area contributed by atoms with Crippen LogP contribution in [0.15, 0.2) is 47.4 Å². The molecule has 1 aromatic heterocycles. The van der Waals surface area contributed by atoms with Crippen LogP contribution in [0.25, 0.3) is 5.69 Å². The Morgan fingerprint density at radius 1 is 1.11 bits per heavy atom. The lowest BCUT2D eigenvalue weighted by atomic mass is 10.2. The number of benzene rings is 2. The topological polar surface area (TPSA) is 140 Å².